The second-order valence-corrected chi connectivity index (χ2v) is 8.32. The Morgan fingerprint density at radius 1 is 0.838 bits per heavy atom. The molecule has 0 saturated heterocycles. The molecule has 9 heteroatoms. The molecule has 37 heavy (non-hydrogen) atoms. The molecular formula is C28H23F2N3O4. The van der Waals surface area contributed by atoms with Crippen molar-refractivity contribution in [2.75, 3.05) is 10.6 Å². The Kier molecular flexibility index (Phi) is 7.73. The summed E-state index contributed by atoms with van der Waals surface area (Å²) in [7, 11) is 0. The molecule has 7 nitrogen and oxygen atoms in total. The number of amides is 2. The average molecular weight is 504 g/mol. The van der Waals surface area contributed by atoms with Crippen LogP contribution >= 0.6 is 0 Å². The van der Waals surface area contributed by atoms with Gasteiger partial charge in [-0.3, -0.25) is 9.59 Å². The third-order valence-corrected chi connectivity index (χ3v) is 5.68. The zero-order valence-corrected chi connectivity index (χ0v) is 19.6. The third kappa shape index (κ3) is 6.46. The van der Waals surface area contributed by atoms with Crippen LogP contribution < -0.4 is 16.2 Å². The first-order valence-corrected chi connectivity index (χ1v) is 11.4. The van der Waals surface area contributed by atoms with Gasteiger partial charge in [-0.2, -0.15) is 0 Å². The molecule has 0 aliphatic rings. The number of urea groups is 1. The summed E-state index contributed by atoms with van der Waals surface area (Å²) in [5, 5.41) is 13.6. The number of carbonyl (C=O) groups is 2. The summed E-state index contributed by atoms with van der Waals surface area (Å²) in [6, 6.07) is 20.2. The molecule has 0 spiro atoms. The highest BCUT2D eigenvalue weighted by Gasteiger charge is 2.12. The van der Waals surface area contributed by atoms with Crippen LogP contribution in [0, 0.1) is 11.6 Å². The van der Waals surface area contributed by atoms with Gasteiger partial charge < -0.3 is 20.3 Å². The van der Waals surface area contributed by atoms with Crippen molar-refractivity contribution in [2.45, 2.75) is 19.4 Å². The standard InChI is InChI=1S/C28H23F2N3O4/c29-23-4-1-5-24(26(23)30)32-28(37)31-21-13-11-20(12-14-21)22-3-2-16-33(27(22)36)17-19-8-6-18(7-9-19)10-15-25(34)35/h1-9,11-14,16H,10,15,17H2,(H,34,35)(H2,31,32,37). The van der Waals surface area contributed by atoms with Crippen LogP contribution in [0.15, 0.2) is 89.9 Å². The fraction of sp³-hybridized carbons (Fsp3) is 0.107. The second-order valence-electron chi connectivity index (χ2n) is 8.32. The number of halogens is 2. The highest BCUT2D eigenvalue weighted by Crippen LogP contribution is 2.20. The van der Waals surface area contributed by atoms with E-state index in [1.807, 2.05) is 24.3 Å². The molecule has 1 heterocycles. The van der Waals surface area contributed by atoms with Gasteiger partial charge in [0.1, 0.15) is 0 Å². The van der Waals surface area contributed by atoms with E-state index in [0.29, 0.717) is 29.8 Å². The number of nitrogens with zero attached hydrogens (tertiary/aromatic N) is 1. The van der Waals surface area contributed by atoms with E-state index >= 15 is 0 Å². The molecule has 0 fully saturated rings. The van der Waals surface area contributed by atoms with Crippen LogP contribution in [0.4, 0.5) is 25.0 Å². The quantitative estimate of drug-likeness (QED) is 0.295. The van der Waals surface area contributed by atoms with Gasteiger partial charge in [0.05, 0.1) is 12.2 Å². The number of rotatable bonds is 8. The Labute approximate surface area is 211 Å². The van der Waals surface area contributed by atoms with E-state index in [1.165, 1.54) is 12.1 Å². The predicted octanol–water partition coefficient (Wildman–Crippen LogP) is 5.50. The van der Waals surface area contributed by atoms with Crippen LogP contribution in [0.2, 0.25) is 0 Å². The number of nitrogens with one attached hydrogen (secondary N) is 2. The first kappa shape index (κ1) is 25.3. The average Bonchev–Trinajstić information content (AvgIpc) is 2.88. The minimum atomic E-state index is -1.15. The molecule has 3 N–H and O–H groups in total. The van der Waals surface area contributed by atoms with Crippen molar-refractivity contribution in [3.63, 3.8) is 0 Å². The summed E-state index contributed by atoms with van der Waals surface area (Å²) in [5.41, 5.74) is 2.85. The lowest BCUT2D eigenvalue weighted by molar-refractivity contribution is -0.136. The lowest BCUT2D eigenvalue weighted by Crippen LogP contribution is -2.21. The van der Waals surface area contributed by atoms with E-state index in [9.17, 15) is 23.2 Å². The molecule has 0 saturated carbocycles. The van der Waals surface area contributed by atoms with Gasteiger partial charge in [0.2, 0.25) is 0 Å². The molecule has 1 aromatic heterocycles. The van der Waals surface area contributed by atoms with Gasteiger partial charge in [-0.25, -0.2) is 13.6 Å². The molecule has 0 bridgehead atoms. The maximum atomic E-state index is 13.8. The van der Waals surface area contributed by atoms with Gasteiger partial charge in [0.25, 0.3) is 5.56 Å². The van der Waals surface area contributed by atoms with Crippen LogP contribution in [0.5, 0.6) is 0 Å². The molecule has 2 amide bonds. The van der Waals surface area contributed by atoms with Gasteiger partial charge in [0.15, 0.2) is 11.6 Å². The topological polar surface area (TPSA) is 100 Å². The Morgan fingerprint density at radius 2 is 1.54 bits per heavy atom. The maximum absolute atomic E-state index is 13.8. The number of carboxylic acids is 1. The van der Waals surface area contributed by atoms with Crippen molar-refractivity contribution in [1.82, 2.24) is 4.57 Å². The summed E-state index contributed by atoms with van der Waals surface area (Å²) in [5.74, 6) is -3.07. The minimum Gasteiger partial charge on any atom is -0.481 e. The first-order chi connectivity index (χ1) is 17.8. The normalized spacial score (nSPS) is 10.6. The van der Waals surface area contributed by atoms with E-state index in [4.69, 9.17) is 5.11 Å². The predicted molar refractivity (Wildman–Crippen MR) is 137 cm³/mol. The molecular weight excluding hydrogens is 480 g/mol. The molecule has 3 aromatic carbocycles. The Balaban J connectivity index is 1.43. The van der Waals surface area contributed by atoms with E-state index in [0.717, 1.165) is 17.2 Å². The Morgan fingerprint density at radius 3 is 2.24 bits per heavy atom. The molecule has 0 aliphatic heterocycles. The molecule has 0 aliphatic carbocycles. The molecule has 0 radical (unpaired) electrons. The number of hydrogen-bond acceptors (Lipinski definition) is 3. The second kappa shape index (κ2) is 11.3. The van der Waals surface area contributed by atoms with Crippen LogP contribution in [-0.2, 0) is 17.8 Å². The number of aromatic nitrogens is 1. The van der Waals surface area contributed by atoms with Crippen molar-refractivity contribution in [1.29, 1.82) is 0 Å². The van der Waals surface area contributed by atoms with Crippen molar-refractivity contribution in [2.24, 2.45) is 0 Å². The van der Waals surface area contributed by atoms with Crippen LogP contribution in [0.3, 0.4) is 0 Å². The van der Waals surface area contributed by atoms with E-state index < -0.39 is 23.6 Å². The molecule has 4 rings (SSSR count). The molecule has 0 unspecified atom stereocenters. The number of benzene rings is 3. The van der Waals surface area contributed by atoms with Gasteiger partial charge in [-0.05, 0) is 59.5 Å². The highest BCUT2D eigenvalue weighted by atomic mass is 19.2. The Hall–Kier alpha value is -4.79. The van der Waals surface area contributed by atoms with Crippen LogP contribution in [-0.4, -0.2) is 21.7 Å². The summed E-state index contributed by atoms with van der Waals surface area (Å²) < 4.78 is 28.7. The number of carboxylic acid groups (broad SMARTS) is 1. The number of pyridine rings is 1. The number of carbonyl (C=O) groups excluding carboxylic acids is 1. The van der Waals surface area contributed by atoms with Gasteiger partial charge in [-0.15, -0.1) is 0 Å². The largest absolute Gasteiger partial charge is 0.481 e. The van der Waals surface area contributed by atoms with E-state index in [-0.39, 0.29) is 17.7 Å². The van der Waals surface area contributed by atoms with Crippen molar-refractivity contribution >= 4 is 23.4 Å². The monoisotopic (exact) mass is 503 g/mol. The van der Waals surface area contributed by atoms with Gasteiger partial charge in [0, 0.05) is 23.9 Å². The summed E-state index contributed by atoms with van der Waals surface area (Å²) in [4.78, 5) is 36.0. The zero-order chi connectivity index (χ0) is 26.4. The summed E-state index contributed by atoms with van der Waals surface area (Å²) in [6.45, 7) is 0.350. The highest BCUT2D eigenvalue weighted by molar-refractivity contribution is 5.99. The summed E-state index contributed by atoms with van der Waals surface area (Å²) in [6.07, 6.45) is 2.20. The number of aryl methyl sites for hydroxylation is 1. The molecule has 188 valence electrons. The van der Waals surface area contributed by atoms with E-state index in [2.05, 4.69) is 10.6 Å². The fourth-order valence-electron chi connectivity index (χ4n) is 3.76. The van der Waals surface area contributed by atoms with E-state index in [1.54, 1.807) is 47.2 Å². The number of hydrogen-bond donors (Lipinski definition) is 3. The maximum Gasteiger partial charge on any atom is 0.323 e. The minimum absolute atomic E-state index is 0.0609. The van der Waals surface area contributed by atoms with Crippen molar-refractivity contribution in [3.8, 4) is 11.1 Å². The first-order valence-electron chi connectivity index (χ1n) is 11.4. The van der Waals surface area contributed by atoms with Crippen LogP contribution in [0.25, 0.3) is 11.1 Å². The Bertz CT molecular complexity index is 1480. The molecule has 0 atom stereocenters. The lowest BCUT2D eigenvalue weighted by atomic mass is 10.1. The number of aliphatic carboxylic acids is 1. The third-order valence-electron chi connectivity index (χ3n) is 5.68. The summed E-state index contributed by atoms with van der Waals surface area (Å²) >= 11 is 0. The van der Waals surface area contributed by atoms with Crippen LogP contribution in [0.1, 0.15) is 17.5 Å². The zero-order valence-electron chi connectivity index (χ0n) is 19.6. The molecule has 4 aromatic rings. The fourth-order valence-corrected chi connectivity index (χ4v) is 3.76. The van der Waals surface area contributed by atoms with Crippen molar-refractivity contribution in [3.05, 3.63) is 118 Å². The lowest BCUT2D eigenvalue weighted by Gasteiger charge is -2.11. The number of anilines is 2. The SMILES string of the molecule is O=C(O)CCc1ccc(Cn2cccc(-c3ccc(NC(=O)Nc4cccc(F)c4F)cc3)c2=O)cc1. The van der Waals surface area contributed by atoms with Gasteiger partial charge >= 0.3 is 12.0 Å². The smallest absolute Gasteiger partial charge is 0.323 e. The van der Waals surface area contributed by atoms with Crippen molar-refractivity contribution < 1.29 is 23.5 Å². The van der Waals surface area contributed by atoms with Gasteiger partial charge in [-0.1, -0.05) is 42.5 Å².